The average Bonchev–Trinajstić information content (AvgIpc) is 2.45. The molecule has 0 aliphatic rings. The van der Waals surface area contributed by atoms with E-state index in [1.54, 1.807) is 7.11 Å². The fourth-order valence-corrected chi connectivity index (χ4v) is 1.83. The van der Waals surface area contributed by atoms with E-state index in [0.29, 0.717) is 19.1 Å². The predicted octanol–water partition coefficient (Wildman–Crippen LogP) is 2.29. The van der Waals surface area contributed by atoms with Crippen LogP contribution in [0.5, 0.6) is 6.01 Å². The average molecular weight is 295 g/mol. The smallest absolute Gasteiger partial charge is 0.322 e. The van der Waals surface area contributed by atoms with Gasteiger partial charge in [-0.1, -0.05) is 24.3 Å². The van der Waals surface area contributed by atoms with Crippen molar-refractivity contribution in [2.75, 3.05) is 19.5 Å². The van der Waals surface area contributed by atoms with E-state index in [9.17, 15) is 0 Å². The molecule has 20 heavy (non-hydrogen) atoms. The van der Waals surface area contributed by atoms with E-state index in [1.165, 1.54) is 7.11 Å². The summed E-state index contributed by atoms with van der Waals surface area (Å²) in [6, 6.07) is 8.23. The molecule has 2 rings (SSSR count). The van der Waals surface area contributed by atoms with Crippen molar-refractivity contribution in [1.82, 2.24) is 15.0 Å². The van der Waals surface area contributed by atoms with Crippen LogP contribution in [0.25, 0.3) is 0 Å². The Morgan fingerprint density at radius 1 is 1.15 bits per heavy atom. The number of methoxy groups -OCH3 is 2. The molecule has 0 saturated carbocycles. The third-order valence-corrected chi connectivity index (χ3v) is 2.69. The molecule has 1 heterocycles. The van der Waals surface area contributed by atoms with Crippen molar-refractivity contribution in [3.63, 3.8) is 0 Å². The van der Waals surface area contributed by atoms with Crippen molar-refractivity contribution in [1.29, 1.82) is 0 Å². The lowest BCUT2D eigenvalue weighted by Gasteiger charge is -2.07. The number of benzene rings is 1. The standard InChI is InChI=1S/C13H15ClN4O2/c1-19-8-10-5-3-4-9(6-10)7-15-12-16-11(14)17-13(18-12)20-2/h3-6H,7-8H2,1-2H3,(H,15,16,17,18). The number of nitrogens with zero attached hydrogens (tertiary/aromatic N) is 3. The van der Waals surface area contributed by atoms with Gasteiger partial charge in [0.2, 0.25) is 11.2 Å². The fourth-order valence-electron chi connectivity index (χ4n) is 1.68. The molecule has 0 radical (unpaired) electrons. The Hall–Kier alpha value is -1.92. The fraction of sp³-hybridized carbons (Fsp3) is 0.308. The maximum Gasteiger partial charge on any atom is 0.322 e. The van der Waals surface area contributed by atoms with Crippen molar-refractivity contribution >= 4 is 17.5 Å². The summed E-state index contributed by atoms with van der Waals surface area (Å²) in [5.74, 6) is 0.374. The number of aromatic nitrogens is 3. The summed E-state index contributed by atoms with van der Waals surface area (Å²) < 4.78 is 10.0. The van der Waals surface area contributed by atoms with Gasteiger partial charge < -0.3 is 14.8 Å². The van der Waals surface area contributed by atoms with Gasteiger partial charge in [-0.05, 0) is 22.7 Å². The molecule has 0 aliphatic heterocycles. The number of ether oxygens (including phenoxy) is 2. The van der Waals surface area contributed by atoms with Gasteiger partial charge >= 0.3 is 6.01 Å². The van der Waals surface area contributed by atoms with Crippen molar-refractivity contribution in [2.24, 2.45) is 0 Å². The number of halogens is 1. The third kappa shape index (κ3) is 4.04. The Morgan fingerprint density at radius 3 is 2.70 bits per heavy atom. The third-order valence-electron chi connectivity index (χ3n) is 2.52. The molecule has 0 unspecified atom stereocenters. The van der Waals surface area contributed by atoms with Crippen molar-refractivity contribution in [2.45, 2.75) is 13.2 Å². The summed E-state index contributed by atoms with van der Waals surface area (Å²) in [4.78, 5) is 11.9. The zero-order valence-electron chi connectivity index (χ0n) is 11.3. The minimum Gasteiger partial charge on any atom is -0.467 e. The summed E-state index contributed by atoms with van der Waals surface area (Å²) in [6.07, 6.45) is 0. The van der Waals surface area contributed by atoms with Crippen LogP contribution in [-0.4, -0.2) is 29.2 Å². The normalized spacial score (nSPS) is 10.3. The molecule has 0 spiro atoms. The predicted molar refractivity (Wildman–Crippen MR) is 75.9 cm³/mol. The van der Waals surface area contributed by atoms with Crippen LogP contribution < -0.4 is 10.1 Å². The molecule has 2 aromatic rings. The number of hydrogen-bond acceptors (Lipinski definition) is 6. The summed E-state index contributed by atoms with van der Waals surface area (Å²) in [6.45, 7) is 1.15. The zero-order chi connectivity index (χ0) is 14.4. The van der Waals surface area contributed by atoms with Crippen molar-refractivity contribution in [3.8, 4) is 6.01 Å². The molecule has 1 N–H and O–H groups in total. The molecule has 1 aromatic heterocycles. The van der Waals surface area contributed by atoms with Crippen LogP contribution >= 0.6 is 11.6 Å². The molecule has 106 valence electrons. The molecular weight excluding hydrogens is 280 g/mol. The number of nitrogens with one attached hydrogen (secondary N) is 1. The van der Waals surface area contributed by atoms with Crippen LogP contribution in [0.4, 0.5) is 5.95 Å². The van der Waals surface area contributed by atoms with Crippen LogP contribution in [0, 0.1) is 0 Å². The van der Waals surface area contributed by atoms with E-state index in [-0.39, 0.29) is 11.3 Å². The molecule has 0 aliphatic carbocycles. The van der Waals surface area contributed by atoms with Gasteiger partial charge in [-0.15, -0.1) is 0 Å². The number of anilines is 1. The molecule has 0 atom stereocenters. The largest absolute Gasteiger partial charge is 0.467 e. The topological polar surface area (TPSA) is 69.2 Å². The highest BCUT2D eigenvalue weighted by Gasteiger charge is 2.05. The van der Waals surface area contributed by atoms with Gasteiger partial charge in [-0.3, -0.25) is 0 Å². The van der Waals surface area contributed by atoms with Gasteiger partial charge in [0.15, 0.2) is 0 Å². The van der Waals surface area contributed by atoms with E-state index < -0.39 is 0 Å². The van der Waals surface area contributed by atoms with Crippen molar-refractivity contribution < 1.29 is 9.47 Å². The van der Waals surface area contributed by atoms with Crippen LogP contribution in [0.15, 0.2) is 24.3 Å². The first-order chi connectivity index (χ1) is 9.71. The Bertz CT molecular complexity index is 580. The van der Waals surface area contributed by atoms with Crippen LogP contribution in [0.1, 0.15) is 11.1 Å². The van der Waals surface area contributed by atoms with Gasteiger partial charge in [0.25, 0.3) is 0 Å². The highest BCUT2D eigenvalue weighted by Crippen LogP contribution is 2.12. The minimum atomic E-state index is 0.0903. The highest BCUT2D eigenvalue weighted by molar-refractivity contribution is 6.28. The van der Waals surface area contributed by atoms with Gasteiger partial charge in [0, 0.05) is 13.7 Å². The first-order valence-corrected chi connectivity index (χ1v) is 6.35. The Labute approximate surface area is 122 Å². The molecule has 0 saturated heterocycles. The summed E-state index contributed by atoms with van der Waals surface area (Å²) in [7, 11) is 3.15. The van der Waals surface area contributed by atoms with Gasteiger partial charge in [-0.2, -0.15) is 15.0 Å². The summed E-state index contributed by atoms with van der Waals surface area (Å²) >= 11 is 5.78. The van der Waals surface area contributed by atoms with E-state index >= 15 is 0 Å². The maximum atomic E-state index is 5.78. The molecule has 0 bridgehead atoms. The first-order valence-electron chi connectivity index (χ1n) is 5.97. The summed E-state index contributed by atoms with van der Waals surface area (Å²) in [5, 5.41) is 3.17. The highest BCUT2D eigenvalue weighted by atomic mass is 35.5. The van der Waals surface area contributed by atoms with Gasteiger partial charge in [0.1, 0.15) is 0 Å². The van der Waals surface area contributed by atoms with E-state index in [0.717, 1.165) is 11.1 Å². The molecule has 0 amide bonds. The quantitative estimate of drug-likeness (QED) is 0.881. The Kier molecular flexibility index (Phi) is 5.09. The second-order valence-electron chi connectivity index (χ2n) is 4.02. The lowest BCUT2D eigenvalue weighted by atomic mass is 10.1. The zero-order valence-corrected chi connectivity index (χ0v) is 12.0. The molecule has 0 fully saturated rings. The van der Waals surface area contributed by atoms with Crippen LogP contribution in [0.3, 0.4) is 0 Å². The van der Waals surface area contributed by atoms with Crippen LogP contribution in [0.2, 0.25) is 5.28 Å². The lowest BCUT2D eigenvalue weighted by Crippen LogP contribution is -2.06. The monoisotopic (exact) mass is 294 g/mol. The maximum absolute atomic E-state index is 5.78. The SMILES string of the molecule is COCc1cccc(CNc2nc(Cl)nc(OC)n2)c1. The first kappa shape index (κ1) is 14.5. The van der Waals surface area contributed by atoms with E-state index in [2.05, 4.69) is 26.3 Å². The lowest BCUT2D eigenvalue weighted by molar-refractivity contribution is 0.185. The Morgan fingerprint density at radius 2 is 1.95 bits per heavy atom. The van der Waals surface area contributed by atoms with Crippen LogP contribution in [-0.2, 0) is 17.9 Å². The minimum absolute atomic E-state index is 0.0903. The molecule has 6 nitrogen and oxygen atoms in total. The molecule has 7 heteroatoms. The second-order valence-corrected chi connectivity index (χ2v) is 4.36. The molecular formula is C13H15ClN4O2. The molecule has 1 aromatic carbocycles. The van der Waals surface area contributed by atoms with E-state index in [1.807, 2.05) is 18.2 Å². The summed E-state index contributed by atoms with van der Waals surface area (Å²) in [5.41, 5.74) is 2.20. The van der Waals surface area contributed by atoms with Gasteiger partial charge in [-0.25, -0.2) is 0 Å². The van der Waals surface area contributed by atoms with Gasteiger partial charge in [0.05, 0.1) is 13.7 Å². The number of hydrogen-bond donors (Lipinski definition) is 1. The van der Waals surface area contributed by atoms with Crippen molar-refractivity contribution in [3.05, 3.63) is 40.7 Å². The second kappa shape index (κ2) is 7.02. The van der Waals surface area contributed by atoms with E-state index in [4.69, 9.17) is 21.1 Å². The number of rotatable bonds is 6. The Balaban J connectivity index is 2.04.